The van der Waals surface area contributed by atoms with Crippen LogP contribution >= 0.6 is 0 Å². The average molecular weight is 274 g/mol. The van der Waals surface area contributed by atoms with Crippen molar-refractivity contribution < 1.29 is 5.11 Å². The van der Waals surface area contributed by atoms with Gasteiger partial charge in [-0.3, -0.25) is 9.13 Å². The van der Waals surface area contributed by atoms with E-state index in [9.17, 15) is 9.90 Å². The quantitative estimate of drug-likeness (QED) is 0.914. The van der Waals surface area contributed by atoms with Crippen molar-refractivity contribution in [2.75, 3.05) is 0 Å². The van der Waals surface area contributed by atoms with Crippen LogP contribution in [-0.2, 0) is 14.1 Å². The highest BCUT2D eigenvalue weighted by atomic mass is 16.3. The van der Waals surface area contributed by atoms with Gasteiger partial charge in [0.1, 0.15) is 0 Å². The molecular weight excluding hydrogens is 252 g/mol. The first-order chi connectivity index (χ1) is 9.44. The molecule has 1 N–H and O–H groups in total. The standard InChI is InChI=1S/C16H22N2O2/c1-16(8-4-5-9-16)14(19)11-6-7-12-13(10-11)18(3)15(20)17(12)2/h6-7,10,14,19H,4-5,8-9H2,1-3H3. The van der Waals surface area contributed by atoms with Crippen molar-refractivity contribution in [3.8, 4) is 0 Å². The van der Waals surface area contributed by atoms with Crippen LogP contribution in [-0.4, -0.2) is 14.2 Å². The Morgan fingerprint density at radius 3 is 2.40 bits per heavy atom. The smallest absolute Gasteiger partial charge is 0.328 e. The van der Waals surface area contributed by atoms with Gasteiger partial charge in [-0.15, -0.1) is 0 Å². The summed E-state index contributed by atoms with van der Waals surface area (Å²) >= 11 is 0. The molecule has 1 aromatic carbocycles. The molecule has 1 fully saturated rings. The Morgan fingerprint density at radius 2 is 1.75 bits per heavy atom. The fourth-order valence-corrected chi connectivity index (χ4v) is 3.55. The van der Waals surface area contributed by atoms with Crippen molar-refractivity contribution in [3.63, 3.8) is 0 Å². The minimum Gasteiger partial charge on any atom is -0.388 e. The van der Waals surface area contributed by atoms with Crippen LogP contribution in [0.5, 0.6) is 0 Å². The van der Waals surface area contributed by atoms with Crippen molar-refractivity contribution in [3.05, 3.63) is 34.2 Å². The molecule has 1 aromatic heterocycles. The molecule has 0 radical (unpaired) electrons. The molecule has 4 heteroatoms. The van der Waals surface area contributed by atoms with E-state index in [1.165, 1.54) is 12.8 Å². The SMILES string of the molecule is Cn1c(=O)n(C)c2cc(C(O)C3(C)CCCC3)ccc21. The number of rotatable bonds is 2. The predicted octanol–water partition coefficient (Wildman–Crippen LogP) is 2.49. The molecule has 4 nitrogen and oxygen atoms in total. The molecule has 0 saturated heterocycles. The van der Waals surface area contributed by atoms with Gasteiger partial charge in [0.25, 0.3) is 0 Å². The summed E-state index contributed by atoms with van der Waals surface area (Å²) in [5.74, 6) is 0. The number of aromatic nitrogens is 2. The maximum atomic E-state index is 12.0. The van der Waals surface area contributed by atoms with Gasteiger partial charge in [0.15, 0.2) is 0 Å². The highest BCUT2D eigenvalue weighted by Crippen LogP contribution is 2.47. The van der Waals surface area contributed by atoms with E-state index < -0.39 is 6.10 Å². The minimum atomic E-state index is -0.454. The van der Waals surface area contributed by atoms with Gasteiger partial charge in [-0.25, -0.2) is 4.79 Å². The van der Waals surface area contributed by atoms with Gasteiger partial charge in [0.05, 0.1) is 17.1 Å². The normalized spacial score (nSPS) is 19.6. The number of nitrogens with zero attached hydrogens (tertiary/aromatic N) is 2. The fourth-order valence-electron chi connectivity index (χ4n) is 3.55. The third-order valence-electron chi connectivity index (χ3n) is 5.02. The van der Waals surface area contributed by atoms with Crippen LogP contribution in [0.3, 0.4) is 0 Å². The van der Waals surface area contributed by atoms with Gasteiger partial charge >= 0.3 is 5.69 Å². The van der Waals surface area contributed by atoms with Crippen LogP contribution in [0.1, 0.15) is 44.3 Å². The summed E-state index contributed by atoms with van der Waals surface area (Å²) in [5.41, 5.74) is 2.66. The highest BCUT2D eigenvalue weighted by molar-refractivity contribution is 5.77. The van der Waals surface area contributed by atoms with Crippen LogP contribution in [0.4, 0.5) is 0 Å². The van der Waals surface area contributed by atoms with Crippen molar-refractivity contribution in [1.29, 1.82) is 0 Å². The maximum Gasteiger partial charge on any atom is 0.328 e. The van der Waals surface area contributed by atoms with Gasteiger partial charge in [0, 0.05) is 14.1 Å². The van der Waals surface area contributed by atoms with Crippen molar-refractivity contribution in [2.24, 2.45) is 19.5 Å². The van der Waals surface area contributed by atoms with Crippen LogP contribution in [0.15, 0.2) is 23.0 Å². The monoisotopic (exact) mass is 274 g/mol. The first kappa shape index (κ1) is 13.4. The second-order valence-electron chi connectivity index (χ2n) is 6.41. The van der Waals surface area contributed by atoms with Crippen molar-refractivity contribution >= 4 is 11.0 Å². The van der Waals surface area contributed by atoms with Gasteiger partial charge < -0.3 is 5.11 Å². The molecule has 2 aromatic rings. The van der Waals surface area contributed by atoms with Gasteiger partial charge in [0.2, 0.25) is 0 Å². The van der Waals surface area contributed by atoms with Crippen molar-refractivity contribution in [2.45, 2.75) is 38.7 Å². The Morgan fingerprint density at radius 1 is 1.15 bits per heavy atom. The molecule has 0 aliphatic heterocycles. The van der Waals surface area contributed by atoms with Crippen LogP contribution in [0.2, 0.25) is 0 Å². The third kappa shape index (κ3) is 1.82. The molecule has 108 valence electrons. The number of hydrogen-bond donors (Lipinski definition) is 1. The second kappa shape index (κ2) is 4.48. The molecule has 0 spiro atoms. The highest BCUT2D eigenvalue weighted by Gasteiger charge is 2.36. The molecule has 1 aliphatic rings. The van der Waals surface area contributed by atoms with E-state index in [-0.39, 0.29) is 11.1 Å². The van der Waals surface area contributed by atoms with Gasteiger partial charge in [-0.05, 0) is 36.0 Å². The molecule has 20 heavy (non-hydrogen) atoms. The second-order valence-corrected chi connectivity index (χ2v) is 6.41. The number of fused-ring (bicyclic) bond motifs is 1. The molecule has 1 saturated carbocycles. The minimum absolute atomic E-state index is 0.0265. The van der Waals surface area contributed by atoms with E-state index in [4.69, 9.17) is 0 Å². The molecular formula is C16H22N2O2. The zero-order chi connectivity index (χ0) is 14.5. The summed E-state index contributed by atoms with van der Waals surface area (Å²) < 4.78 is 3.28. The first-order valence-corrected chi connectivity index (χ1v) is 7.27. The molecule has 1 aliphatic carbocycles. The average Bonchev–Trinajstić information content (AvgIpc) is 2.98. The molecule has 0 amide bonds. The van der Waals surface area contributed by atoms with E-state index in [1.807, 2.05) is 18.2 Å². The number of benzene rings is 1. The molecule has 1 unspecified atom stereocenters. The van der Waals surface area contributed by atoms with Crippen LogP contribution in [0.25, 0.3) is 11.0 Å². The zero-order valence-electron chi connectivity index (χ0n) is 12.4. The summed E-state index contributed by atoms with van der Waals surface area (Å²) in [7, 11) is 3.55. The molecule has 1 atom stereocenters. The summed E-state index contributed by atoms with van der Waals surface area (Å²) in [6.07, 6.45) is 4.07. The largest absolute Gasteiger partial charge is 0.388 e. The lowest BCUT2D eigenvalue weighted by atomic mass is 9.79. The number of aliphatic hydroxyl groups excluding tert-OH is 1. The van der Waals surface area contributed by atoms with Gasteiger partial charge in [-0.2, -0.15) is 0 Å². The van der Waals surface area contributed by atoms with Crippen molar-refractivity contribution in [1.82, 2.24) is 9.13 Å². The topological polar surface area (TPSA) is 47.2 Å². The number of aryl methyl sites for hydroxylation is 2. The Balaban J connectivity index is 2.09. The Hall–Kier alpha value is -1.55. The summed E-state index contributed by atoms with van der Waals surface area (Å²) in [4.78, 5) is 12.0. The van der Waals surface area contributed by atoms with E-state index in [0.29, 0.717) is 0 Å². The number of aliphatic hydroxyl groups is 1. The first-order valence-electron chi connectivity index (χ1n) is 7.27. The van der Waals surface area contributed by atoms with Crippen LogP contribution < -0.4 is 5.69 Å². The molecule has 0 bridgehead atoms. The number of hydrogen-bond acceptors (Lipinski definition) is 2. The van der Waals surface area contributed by atoms with E-state index in [2.05, 4.69) is 6.92 Å². The predicted molar refractivity (Wildman–Crippen MR) is 79.7 cm³/mol. The third-order valence-corrected chi connectivity index (χ3v) is 5.02. The lowest BCUT2D eigenvalue weighted by Gasteiger charge is -2.30. The Bertz CT molecular complexity index is 705. The van der Waals surface area contributed by atoms with Crippen LogP contribution in [0, 0.1) is 5.41 Å². The lowest BCUT2D eigenvalue weighted by molar-refractivity contribution is 0.0409. The Kier molecular flexibility index (Phi) is 3.01. The summed E-state index contributed by atoms with van der Waals surface area (Å²) in [5, 5.41) is 10.7. The zero-order valence-corrected chi connectivity index (χ0v) is 12.4. The van der Waals surface area contributed by atoms with E-state index in [1.54, 1.807) is 23.2 Å². The molecule has 3 rings (SSSR count). The summed E-state index contributed by atoms with van der Waals surface area (Å²) in [6, 6.07) is 5.86. The number of imidazole rings is 1. The lowest BCUT2D eigenvalue weighted by Crippen LogP contribution is -2.22. The van der Waals surface area contributed by atoms with E-state index >= 15 is 0 Å². The summed E-state index contributed by atoms with van der Waals surface area (Å²) in [6.45, 7) is 2.17. The maximum absolute atomic E-state index is 12.0. The van der Waals surface area contributed by atoms with Gasteiger partial charge in [-0.1, -0.05) is 25.8 Å². The Labute approximate surface area is 118 Å². The van der Waals surface area contributed by atoms with E-state index in [0.717, 1.165) is 29.4 Å². The molecule has 1 heterocycles. The fraction of sp³-hybridized carbons (Fsp3) is 0.562.